The van der Waals surface area contributed by atoms with Crippen LogP contribution in [0.4, 0.5) is 0 Å². The lowest BCUT2D eigenvalue weighted by Gasteiger charge is -2.35. The number of nitrogens with zero attached hydrogens (tertiary/aromatic N) is 1. The molecule has 0 atom stereocenters. The molecule has 24 heavy (non-hydrogen) atoms. The average molecular weight is 338 g/mol. The minimum absolute atomic E-state index is 0.0309. The fourth-order valence-corrected chi connectivity index (χ4v) is 3.79. The fourth-order valence-electron chi connectivity index (χ4n) is 3.79. The molecule has 2 fully saturated rings. The Labute approximate surface area is 144 Å². The number of carboxylic acids is 1. The zero-order chi connectivity index (χ0) is 17.7. The first-order valence-corrected chi connectivity index (χ1v) is 9.20. The van der Waals surface area contributed by atoms with Crippen LogP contribution in [0.15, 0.2) is 0 Å². The van der Waals surface area contributed by atoms with E-state index in [2.05, 4.69) is 5.32 Å². The minimum Gasteiger partial charge on any atom is -0.480 e. The molecule has 2 N–H and O–H groups in total. The van der Waals surface area contributed by atoms with Crippen molar-refractivity contribution in [2.24, 2.45) is 11.8 Å². The van der Waals surface area contributed by atoms with Crippen LogP contribution in [0.3, 0.4) is 0 Å². The van der Waals surface area contributed by atoms with E-state index in [1.54, 1.807) is 0 Å². The van der Waals surface area contributed by atoms with Gasteiger partial charge in [0.1, 0.15) is 5.54 Å². The molecule has 2 aliphatic rings. The Kier molecular flexibility index (Phi) is 6.24. The van der Waals surface area contributed by atoms with Gasteiger partial charge in [-0.1, -0.05) is 39.5 Å². The molecule has 0 aromatic rings. The normalized spacial score (nSPS) is 22.0. The Morgan fingerprint density at radius 1 is 1.04 bits per heavy atom. The summed E-state index contributed by atoms with van der Waals surface area (Å²) in [6, 6.07) is 0. The van der Waals surface area contributed by atoms with Gasteiger partial charge in [0.25, 0.3) is 0 Å². The van der Waals surface area contributed by atoms with E-state index in [0.717, 1.165) is 25.7 Å². The van der Waals surface area contributed by atoms with E-state index in [1.165, 1.54) is 0 Å². The molecule has 0 aromatic carbocycles. The second kappa shape index (κ2) is 7.99. The number of carbonyl (C=O) groups excluding carboxylic acids is 2. The lowest BCUT2D eigenvalue weighted by Crippen LogP contribution is -2.56. The van der Waals surface area contributed by atoms with Gasteiger partial charge in [0, 0.05) is 24.9 Å². The molecular weight excluding hydrogens is 308 g/mol. The van der Waals surface area contributed by atoms with Crippen molar-refractivity contribution in [1.29, 1.82) is 0 Å². The lowest BCUT2D eigenvalue weighted by atomic mass is 9.88. The van der Waals surface area contributed by atoms with Gasteiger partial charge in [0.15, 0.2) is 0 Å². The second-order valence-electron chi connectivity index (χ2n) is 7.54. The topological polar surface area (TPSA) is 86.7 Å². The van der Waals surface area contributed by atoms with Crippen molar-refractivity contribution in [2.75, 3.05) is 13.1 Å². The summed E-state index contributed by atoms with van der Waals surface area (Å²) in [6.07, 6.45) is 5.99. The Hall–Kier alpha value is -1.59. The summed E-state index contributed by atoms with van der Waals surface area (Å²) in [4.78, 5) is 38.2. The summed E-state index contributed by atoms with van der Waals surface area (Å²) >= 11 is 0. The van der Waals surface area contributed by atoms with Crippen molar-refractivity contribution in [3.05, 3.63) is 0 Å². The standard InChI is InChI=1S/C18H30N2O4/c1-13(2)16(22)20-11-7-14(8-12-20)15(21)19-18(17(23)24)9-5-3-4-6-10-18/h13-14H,3-12H2,1-2H3,(H,19,21)(H,23,24). The molecule has 1 saturated heterocycles. The maximum absolute atomic E-state index is 12.6. The third kappa shape index (κ3) is 4.28. The monoisotopic (exact) mass is 338 g/mol. The first-order chi connectivity index (χ1) is 11.4. The smallest absolute Gasteiger partial charge is 0.329 e. The second-order valence-corrected chi connectivity index (χ2v) is 7.54. The van der Waals surface area contributed by atoms with Crippen LogP contribution in [0.25, 0.3) is 0 Å². The molecule has 136 valence electrons. The maximum Gasteiger partial charge on any atom is 0.329 e. The Morgan fingerprint density at radius 2 is 1.58 bits per heavy atom. The van der Waals surface area contributed by atoms with Crippen LogP contribution in [0.5, 0.6) is 0 Å². The van der Waals surface area contributed by atoms with Crippen LogP contribution in [0, 0.1) is 11.8 Å². The molecule has 2 rings (SSSR count). The zero-order valence-electron chi connectivity index (χ0n) is 14.8. The van der Waals surface area contributed by atoms with Crippen LogP contribution in [0.2, 0.25) is 0 Å². The number of amides is 2. The van der Waals surface area contributed by atoms with Crippen molar-refractivity contribution < 1.29 is 19.5 Å². The average Bonchev–Trinajstić information content (AvgIpc) is 2.80. The highest BCUT2D eigenvalue weighted by atomic mass is 16.4. The largest absolute Gasteiger partial charge is 0.480 e. The SMILES string of the molecule is CC(C)C(=O)N1CCC(C(=O)NC2(C(=O)O)CCCCCC2)CC1. The number of piperidine rings is 1. The molecule has 1 aliphatic heterocycles. The molecule has 0 radical (unpaired) electrons. The van der Waals surface area contributed by atoms with Crippen LogP contribution >= 0.6 is 0 Å². The number of nitrogens with one attached hydrogen (secondary N) is 1. The number of hydrogen-bond acceptors (Lipinski definition) is 3. The molecular formula is C18H30N2O4. The van der Waals surface area contributed by atoms with Crippen molar-refractivity contribution in [3.8, 4) is 0 Å². The first kappa shape index (κ1) is 18.7. The highest BCUT2D eigenvalue weighted by molar-refractivity contribution is 5.88. The minimum atomic E-state index is -1.10. The summed E-state index contributed by atoms with van der Waals surface area (Å²) in [5.41, 5.74) is -1.10. The number of carboxylic acid groups (broad SMARTS) is 1. The Bertz CT molecular complexity index is 473. The van der Waals surface area contributed by atoms with Crippen molar-refractivity contribution >= 4 is 17.8 Å². The Morgan fingerprint density at radius 3 is 2.04 bits per heavy atom. The van der Waals surface area contributed by atoms with Crippen molar-refractivity contribution in [2.45, 2.75) is 70.8 Å². The molecule has 1 saturated carbocycles. The lowest BCUT2D eigenvalue weighted by molar-refractivity contribution is -0.149. The van der Waals surface area contributed by atoms with Gasteiger partial charge in [-0.25, -0.2) is 4.79 Å². The molecule has 0 bridgehead atoms. The van der Waals surface area contributed by atoms with E-state index in [9.17, 15) is 19.5 Å². The zero-order valence-corrected chi connectivity index (χ0v) is 14.8. The van der Waals surface area contributed by atoms with E-state index in [0.29, 0.717) is 38.8 Å². The molecule has 6 heteroatoms. The quantitative estimate of drug-likeness (QED) is 0.769. The number of carbonyl (C=O) groups is 3. The highest BCUT2D eigenvalue weighted by Crippen LogP contribution is 2.29. The number of likely N-dealkylation sites (tertiary alicyclic amines) is 1. The number of aliphatic carboxylic acids is 1. The van der Waals surface area contributed by atoms with Gasteiger partial charge in [-0.15, -0.1) is 0 Å². The van der Waals surface area contributed by atoms with Gasteiger partial charge in [-0.2, -0.15) is 0 Å². The predicted molar refractivity (Wildman–Crippen MR) is 90.4 cm³/mol. The summed E-state index contributed by atoms with van der Waals surface area (Å²) in [6.45, 7) is 4.91. The predicted octanol–water partition coefficient (Wildman–Crippen LogP) is 2.17. The fraction of sp³-hybridized carbons (Fsp3) is 0.833. The highest BCUT2D eigenvalue weighted by Gasteiger charge is 2.41. The van der Waals surface area contributed by atoms with Gasteiger partial charge < -0.3 is 15.3 Å². The summed E-state index contributed by atoms with van der Waals surface area (Å²) in [7, 11) is 0. The van der Waals surface area contributed by atoms with E-state index < -0.39 is 11.5 Å². The van der Waals surface area contributed by atoms with Crippen LogP contribution < -0.4 is 5.32 Å². The van der Waals surface area contributed by atoms with Crippen LogP contribution in [0.1, 0.15) is 65.2 Å². The van der Waals surface area contributed by atoms with Crippen molar-refractivity contribution in [1.82, 2.24) is 10.2 Å². The van der Waals surface area contributed by atoms with Gasteiger partial charge in [0.05, 0.1) is 0 Å². The summed E-state index contributed by atoms with van der Waals surface area (Å²) < 4.78 is 0. The third-order valence-electron chi connectivity index (χ3n) is 5.40. The van der Waals surface area contributed by atoms with Gasteiger partial charge >= 0.3 is 5.97 Å². The van der Waals surface area contributed by atoms with Gasteiger partial charge in [-0.05, 0) is 25.7 Å². The van der Waals surface area contributed by atoms with E-state index in [4.69, 9.17) is 0 Å². The molecule has 0 spiro atoms. The van der Waals surface area contributed by atoms with Gasteiger partial charge in [-0.3, -0.25) is 9.59 Å². The molecule has 6 nitrogen and oxygen atoms in total. The molecule has 0 unspecified atom stereocenters. The van der Waals surface area contributed by atoms with Gasteiger partial charge in [0.2, 0.25) is 11.8 Å². The van der Waals surface area contributed by atoms with Crippen LogP contribution in [-0.2, 0) is 14.4 Å². The number of rotatable bonds is 4. The number of hydrogen-bond donors (Lipinski definition) is 2. The molecule has 2 amide bonds. The molecule has 1 heterocycles. The Balaban J connectivity index is 1.94. The van der Waals surface area contributed by atoms with E-state index in [1.807, 2.05) is 18.7 Å². The first-order valence-electron chi connectivity index (χ1n) is 9.20. The van der Waals surface area contributed by atoms with E-state index >= 15 is 0 Å². The summed E-state index contributed by atoms with van der Waals surface area (Å²) in [5.74, 6) is -1.17. The third-order valence-corrected chi connectivity index (χ3v) is 5.40. The summed E-state index contributed by atoms with van der Waals surface area (Å²) in [5, 5.41) is 12.5. The molecule has 1 aliphatic carbocycles. The molecule has 0 aromatic heterocycles. The van der Waals surface area contributed by atoms with E-state index in [-0.39, 0.29) is 23.7 Å². The van der Waals surface area contributed by atoms with Crippen molar-refractivity contribution in [3.63, 3.8) is 0 Å². The van der Waals surface area contributed by atoms with Crippen LogP contribution in [-0.4, -0.2) is 46.4 Å². The maximum atomic E-state index is 12.6.